The quantitative estimate of drug-likeness (QED) is 0.867. The minimum atomic E-state index is -0.0738. The van der Waals surface area contributed by atoms with Gasteiger partial charge in [-0.1, -0.05) is 11.6 Å². The highest BCUT2D eigenvalue weighted by molar-refractivity contribution is 6.31. The van der Waals surface area contributed by atoms with Crippen molar-refractivity contribution in [3.63, 3.8) is 0 Å². The van der Waals surface area contributed by atoms with Gasteiger partial charge < -0.3 is 10.7 Å². The first kappa shape index (κ1) is 13.0. The molecule has 0 aliphatic heterocycles. The van der Waals surface area contributed by atoms with Crippen LogP contribution in [0, 0.1) is 0 Å². The molecule has 0 aliphatic carbocycles. The highest BCUT2D eigenvalue weighted by atomic mass is 35.5. The van der Waals surface area contributed by atoms with Gasteiger partial charge in [-0.2, -0.15) is 0 Å². The Kier molecular flexibility index (Phi) is 4.35. The summed E-state index contributed by atoms with van der Waals surface area (Å²) in [5, 5.41) is 1.60. The Hall–Kier alpha value is -1.03. The van der Waals surface area contributed by atoms with Crippen molar-refractivity contribution in [2.24, 2.45) is 5.73 Å². The fourth-order valence-corrected chi connectivity index (χ4v) is 1.74. The van der Waals surface area contributed by atoms with Crippen LogP contribution >= 0.6 is 24.0 Å². The molecule has 0 saturated carbocycles. The third-order valence-corrected chi connectivity index (χ3v) is 2.53. The molecule has 0 fully saturated rings. The molecular formula is C11H12Cl2N2O. The molecule has 1 aromatic heterocycles. The maximum Gasteiger partial charge on any atom is 0.251 e. The smallest absolute Gasteiger partial charge is 0.251 e. The van der Waals surface area contributed by atoms with E-state index >= 15 is 0 Å². The van der Waals surface area contributed by atoms with Crippen molar-refractivity contribution < 1.29 is 0 Å². The van der Waals surface area contributed by atoms with Gasteiger partial charge in [0.2, 0.25) is 0 Å². The fourth-order valence-electron chi connectivity index (χ4n) is 1.56. The van der Waals surface area contributed by atoms with Gasteiger partial charge >= 0.3 is 0 Å². The molecule has 2 rings (SSSR count). The van der Waals surface area contributed by atoms with Crippen molar-refractivity contribution in [3.8, 4) is 0 Å². The topological polar surface area (TPSA) is 58.9 Å². The molecule has 0 bridgehead atoms. The Balaban J connectivity index is 0.00000128. The molecule has 16 heavy (non-hydrogen) atoms. The Morgan fingerprint density at radius 2 is 2.06 bits per heavy atom. The molecule has 0 atom stereocenters. The van der Waals surface area contributed by atoms with Gasteiger partial charge in [-0.25, -0.2) is 0 Å². The predicted molar refractivity (Wildman–Crippen MR) is 69.6 cm³/mol. The number of aromatic nitrogens is 1. The predicted octanol–water partition coefficient (Wildman–Crippen LogP) is 2.10. The lowest BCUT2D eigenvalue weighted by atomic mass is 10.1. The van der Waals surface area contributed by atoms with Crippen molar-refractivity contribution >= 4 is 34.9 Å². The van der Waals surface area contributed by atoms with Crippen LogP contribution in [0.5, 0.6) is 0 Å². The maximum atomic E-state index is 11.6. The van der Waals surface area contributed by atoms with E-state index in [9.17, 15) is 4.79 Å². The third kappa shape index (κ3) is 2.55. The SMILES string of the molecule is Cl.NCCc1cc2cc(Cl)ccc2[nH]c1=O. The van der Waals surface area contributed by atoms with E-state index in [2.05, 4.69) is 4.98 Å². The Bertz CT molecular complexity index is 551. The van der Waals surface area contributed by atoms with E-state index in [0.717, 1.165) is 10.9 Å². The number of fused-ring (bicyclic) bond motifs is 1. The van der Waals surface area contributed by atoms with Gasteiger partial charge in [-0.3, -0.25) is 4.79 Å². The number of hydrogen-bond donors (Lipinski definition) is 2. The molecule has 1 heterocycles. The van der Waals surface area contributed by atoms with Crippen LogP contribution in [0.1, 0.15) is 5.56 Å². The standard InChI is InChI=1S/C11H11ClN2O.ClH/c12-9-1-2-10-8(6-9)5-7(3-4-13)11(15)14-10;/h1-2,5-6H,3-4,13H2,(H,14,15);1H. The second-order valence-corrected chi connectivity index (χ2v) is 3.83. The number of halogens is 2. The minimum absolute atomic E-state index is 0. The number of hydrogen-bond acceptors (Lipinski definition) is 2. The zero-order valence-electron chi connectivity index (χ0n) is 8.50. The second-order valence-electron chi connectivity index (χ2n) is 3.39. The van der Waals surface area contributed by atoms with Gasteiger partial charge in [0.25, 0.3) is 5.56 Å². The summed E-state index contributed by atoms with van der Waals surface area (Å²) >= 11 is 5.87. The average molecular weight is 259 g/mol. The normalized spacial score (nSPS) is 10.1. The first-order valence-electron chi connectivity index (χ1n) is 4.72. The van der Waals surface area contributed by atoms with E-state index in [1.54, 1.807) is 12.1 Å². The number of H-pyrrole nitrogens is 1. The van der Waals surface area contributed by atoms with Crippen LogP contribution in [-0.4, -0.2) is 11.5 Å². The summed E-state index contributed by atoms with van der Waals surface area (Å²) < 4.78 is 0. The molecule has 0 radical (unpaired) electrons. The van der Waals surface area contributed by atoms with Crippen LogP contribution in [0.25, 0.3) is 10.9 Å². The Morgan fingerprint density at radius 1 is 1.31 bits per heavy atom. The first-order valence-corrected chi connectivity index (χ1v) is 5.10. The minimum Gasteiger partial charge on any atom is -0.330 e. The number of nitrogens with one attached hydrogen (secondary N) is 1. The van der Waals surface area contributed by atoms with E-state index in [0.29, 0.717) is 23.6 Å². The van der Waals surface area contributed by atoms with Crippen LogP contribution in [-0.2, 0) is 6.42 Å². The third-order valence-electron chi connectivity index (χ3n) is 2.30. The number of rotatable bonds is 2. The lowest BCUT2D eigenvalue weighted by Gasteiger charge is -2.02. The molecule has 0 unspecified atom stereocenters. The molecule has 1 aromatic carbocycles. The van der Waals surface area contributed by atoms with Gasteiger partial charge in [0.15, 0.2) is 0 Å². The van der Waals surface area contributed by atoms with Crippen LogP contribution in [0.15, 0.2) is 29.1 Å². The summed E-state index contributed by atoms with van der Waals surface area (Å²) in [4.78, 5) is 14.4. The molecule has 0 saturated heterocycles. The van der Waals surface area contributed by atoms with Crippen LogP contribution in [0.3, 0.4) is 0 Å². The van der Waals surface area contributed by atoms with E-state index in [1.165, 1.54) is 0 Å². The van der Waals surface area contributed by atoms with Crippen LogP contribution < -0.4 is 11.3 Å². The van der Waals surface area contributed by atoms with Crippen LogP contribution in [0.2, 0.25) is 5.02 Å². The van der Waals surface area contributed by atoms with Gasteiger partial charge in [0, 0.05) is 16.1 Å². The zero-order valence-corrected chi connectivity index (χ0v) is 10.1. The molecule has 5 heteroatoms. The summed E-state index contributed by atoms with van der Waals surface area (Å²) in [6.07, 6.45) is 0.581. The molecule has 3 N–H and O–H groups in total. The second kappa shape index (κ2) is 5.34. The number of benzene rings is 1. The number of nitrogens with two attached hydrogens (primary N) is 1. The molecule has 3 nitrogen and oxygen atoms in total. The molecule has 2 aromatic rings. The maximum absolute atomic E-state index is 11.6. The monoisotopic (exact) mass is 258 g/mol. The molecule has 0 spiro atoms. The Morgan fingerprint density at radius 3 is 2.75 bits per heavy atom. The summed E-state index contributed by atoms with van der Waals surface area (Å²) in [5.74, 6) is 0. The van der Waals surface area contributed by atoms with E-state index in [-0.39, 0.29) is 18.0 Å². The van der Waals surface area contributed by atoms with E-state index in [4.69, 9.17) is 17.3 Å². The summed E-state index contributed by atoms with van der Waals surface area (Å²) in [5.41, 5.74) is 6.85. The summed E-state index contributed by atoms with van der Waals surface area (Å²) in [6, 6.07) is 7.22. The van der Waals surface area contributed by atoms with Crippen molar-refractivity contribution in [2.45, 2.75) is 6.42 Å². The molecular weight excluding hydrogens is 247 g/mol. The molecule has 86 valence electrons. The number of aromatic amines is 1. The lowest BCUT2D eigenvalue weighted by Crippen LogP contribution is -2.16. The molecule has 0 amide bonds. The molecule has 0 aliphatic rings. The summed E-state index contributed by atoms with van der Waals surface area (Å²) in [6.45, 7) is 0.467. The Labute approximate surface area is 104 Å². The van der Waals surface area contributed by atoms with Crippen molar-refractivity contribution in [1.29, 1.82) is 0 Å². The largest absolute Gasteiger partial charge is 0.330 e. The summed E-state index contributed by atoms with van der Waals surface area (Å²) in [7, 11) is 0. The van der Waals surface area contributed by atoms with Crippen molar-refractivity contribution in [2.75, 3.05) is 6.54 Å². The lowest BCUT2D eigenvalue weighted by molar-refractivity contribution is 0.949. The highest BCUT2D eigenvalue weighted by Gasteiger charge is 2.02. The highest BCUT2D eigenvalue weighted by Crippen LogP contribution is 2.17. The number of pyridine rings is 1. The van der Waals surface area contributed by atoms with Gasteiger partial charge in [-0.05, 0) is 42.6 Å². The van der Waals surface area contributed by atoms with E-state index in [1.807, 2.05) is 12.1 Å². The van der Waals surface area contributed by atoms with Gasteiger partial charge in [0.1, 0.15) is 0 Å². The van der Waals surface area contributed by atoms with E-state index < -0.39 is 0 Å². The van der Waals surface area contributed by atoms with Gasteiger partial charge in [0.05, 0.1) is 0 Å². The fraction of sp³-hybridized carbons (Fsp3) is 0.182. The first-order chi connectivity index (χ1) is 7.20. The van der Waals surface area contributed by atoms with Crippen molar-refractivity contribution in [1.82, 2.24) is 4.98 Å². The van der Waals surface area contributed by atoms with Crippen molar-refractivity contribution in [3.05, 3.63) is 45.2 Å². The zero-order chi connectivity index (χ0) is 10.8. The van der Waals surface area contributed by atoms with Gasteiger partial charge in [-0.15, -0.1) is 12.4 Å². The van der Waals surface area contributed by atoms with Crippen LogP contribution in [0.4, 0.5) is 0 Å². The average Bonchev–Trinajstić information content (AvgIpc) is 2.20.